The molecule has 2 aliphatic carbocycles. The van der Waals surface area contributed by atoms with Crippen molar-refractivity contribution in [3.8, 4) is 0 Å². The number of hydrogen-bond acceptors (Lipinski definition) is 8. The van der Waals surface area contributed by atoms with Crippen LogP contribution in [0.1, 0.15) is 54.9 Å². The number of ether oxygens (including phenoxy) is 1. The highest BCUT2D eigenvalue weighted by Crippen LogP contribution is 2.31. The van der Waals surface area contributed by atoms with Gasteiger partial charge >= 0.3 is 0 Å². The van der Waals surface area contributed by atoms with Crippen LogP contribution in [0.15, 0.2) is 35.4 Å². The molecule has 0 aromatic carbocycles. The number of pyridine rings is 1. The molecule has 3 aromatic rings. The van der Waals surface area contributed by atoms with Crippen LogP contribution in [-0.2, 0) is 4.74 Å². The van der Waals surface area contributed by atoms with Crippen molar-refractivity contribution in [3.05, 3.63) is 46.5 Å². The molecule has 11 nitrogen and oxygen atoms in total. The molecule has 4 N–H and O–H groups in total. The minimum atomic E-state index is -0.510. The van der Waals surface area contributed by atoms with Crippen molar-refractivity contribution in [2.45, 2.75) is 62.8 Å². The van der Waals surface area contributed by atoms with E-state index >= 15 is 0 Å². The van der Waals surface area contributed by atoms with Gasteiger partial charge in [-0.25, -0.2) is 4.98 Å². The van der Waals surface area contributed by atoms with E-state index in [0.717, 1.165) is 32.1 Å². The molecule has 35 heavy (non-hydrogen) atoms. The zero-order chi connectivity index (χ0) is 24.5. The summed E-state index contributed by atoms with van der Waals surface area (Å²) in [5, 5.41) is 23.6. The summed E-state index contributed by atoms with van der Waals surface area (Å²) in [6, 6.07) is 4.98. The molecule has 1 amide bonds. The Kier molecular flexibility index (Phi) is 6.44. The number of aromatic nitrogens is 4. The zero-order valence-corrected chi connectivity index (χ0v) is 19.9. The normalized spacial score (nSPS) is 24.1. The lowest BCUT2D eigenvalue weighted by atomic mass is 9.89. The number of aliphatic hydroxyl groups excluding tert-OH is 1. The molecule has 186 valence electrons. The van der Waals surface area contributed by atoms with Gasteiger partial charge < -0.3 is 30.4 Å². The van der Waals surface area contributed by atoms with Crippen molar-refractivity contribution >= 4 is 28.9 Å². The van der Waals surface area contributed by atoms with Crippen molar-refractivity contribution < 1.29 is 14.6 Å². The van der Waals surface area contributed by atoms with Gasteiger partial charge in [0.25, 0.3) is 11.5 Å². The second-order valence-corrected chi connectivity index (χ2v) is 9.24. The quantitative estimate of drug-likeness (QED) is 0.403. The monoisotopic (exact) mass is 481 g/mol. The van der Waals surface area contributed by atoms with E-state index in [4.69, 9.17) is 4.74 Å². The molecule has 4 atom stereocenters. The van der Waals surface area contributed by atoms with Gasteiger partial charge in [0.2, 0.25) is 0 Å². The minimum Gasteiger partial charge on any atom is -0.391 e. The molecule has 11 heteroatoms. The first-order chi connectivity index (χ1) is 17.0. The molecule has 2 saturated carbocycles. The third-order valence-corrected chi connectivity index (χ3v) is 7.06. The van der Waals surface area contributed by atoms with E-state index in [2.05, 4.69) is 26.0 Å². The van der Waals surface area contributed by atoms with Crippen LogP contribution in [-0.4, -0.2) is 62.6 Å². The van der Waals surface area contributed by atoms with E-state index in [9.17, 15) is 14.7 Å². The summed E-state index contributed by atoms with van der Waals surface area (Å²) >= 11 is 0. The predicted molar refractivity (Wildman–Crippen MR) is 131 cm³/mol. The molecule has 2 fully saturated rings. The topological polar surface area (TPSA) is 135 Å². The summed E-state index contributed by atoms with van der Waals surface area (Å²) in [6.45, 7) is 0. The van der Waals surface area contributed by atoms with E-state index in [-0.39, 0.29) is 29.7 Å². The number of carbonyl (C=O) groups is 1. The lowest BCUT2D eigenvalue weighted by Gasteiger charge is -2.34. The number of anilines is 3. The molecular formula is C24H31N7O4. The number of methoxy groups -OCH3 is 1. The van der Waals surface area contributed by atoms with Crippen LogP contribution < -0.4 is 21.5 Å². The van der Waals surface area contributed by atoms with Crippen molar-refractivity contribution in [1.29, 1.82) is 0 Å². The summed E-state index contributed by atoms with van der Waals surface area (Å²) in [5.74, 6) is 0.770. The van der Waals surface area contributed by atoms with Crippen LogP contribution in [0, 0.1) is 0 Å². The van der Waals surface area contributed by atoms with E-state index < -0.39 is 6.10 Å². The predicted octanol–water partition coefficient (Wildman–Crippen LogP) is 2.06. The highest BCUT2D eigenvalue weighted by molar-refractivity contribution is 6.00. The fraction of sp³-hybridized carbons (Fsp3) is 0.500. The second-order valence-electron chi connectivity index (χ2n) is 9.24. The molecule has 0 unspecified atom stereocenters. The smallest absolute Gasteiger partial charge is 0.274 e. The average molecular weight is 482 g/mol. The first-order valence-corrected chi connectivity index (χ1v) is 12.0. The number of carbonyl (C=O) groups excluding carboxylic acids is 1. The zero-order valence-electron chi connectivity index (χ0n) is 19.9. The Hall–Kier alpha value is -3.44. The Morgan fingerprint density at radius 3 is 2.83 bits per heavy atom. The van der Waals surface area contributed by atoms with Crippen molar-refractivity contribution in [3.63, 3.8) is 0 Å². The number of nitrogens with one attached hydrogen (secondary N) is 3. The SMILES string of the molecule is CNc1cc(Nc2cccn([C@@H]3CC[C@H]3O)c2=O)nc2c(C(=O)N[C@H]3CCC[C@H](OC)C3)cnn12. The van der Waals surface area contributed by atoms with Crippen LogP contribution in [0.25, 0.3) is 5.65 Å². The Balaban J connectivity index is 1.43. The lowest BCUT2D eigenvalue weighted by molar-refractivity contribution is 0.0300. The summed E-state index contributed by atoms with van der Waals surface area (Å²) < 4.78 is 8.60. The first-order valence-electron chi connectivity index (χ1n) is 12.0. The fourth-order valence-corrected chi connectivity index (χ4v) is 4.91. The van der Waals surface area contributed by atoms with Gasteiger partial charge in [-0.15, -0.1) is 0 Å². The van der Waals surface area contributed by atoms with Crippen molar-refractivity contribution in [1.82, 2.24) is 24.5 Å². The van der Waals surface area contributed by atoms with Crippen LogP contribution in [0.2, 0.25) is 0 Å². The van der Waals surface area contributed by atoms with Gasteiger partial charge in [0.05, 0.1) is 24.4 Å². The van der Waals surface area contributed by atoms with E-state index in [1.807, 2.05) is 0 Å². The molecular weight excluding hydrogens is 450 g/mol. The van der Waals surface area contributed by atoms with Crippen LogP contribution in [0.3, 0.4) is 0 Å². The van der Waals surface area contributed by atoms with Gasteiger partial charge in [-0.2, -0.15) is 9.61 Å². The number of amides is 1. The van der Waals surface area contributed by atoms with Gasteiger partial charge in [-0.1, -0.05) is 0 Å². The first kappa shape index (κ1) is 23.3. The third-order valence-electron chi connectivity index (χ3n) is 7.06. The minimum absolute atomic E-state index is 0.0332. The summed E-state index contributed by atoms with van der Waals surface area (Å²) in [6.07, 6.45) is 7.98. The van der Waals surface area contributed by atoms with Gasteiger partial charge in [-0.05, 0) is 50.7 Å². The fourth-order valence-electron chi connectivity index (χ4n) is 4.91. The number of rotatable bonds is 7. The van der Waals surface area contributed by atoms with Crippen LogP contribution in [0.5, 0.6) is 0 Å². The number of hydrogen-bond donors (Lipinski definition) is 4. The summed E-state index contributed by atoms with van der Waals surface area (Å²) in [5.41, 5.74) is 0.832. The van der Waals surface area contributed by atoms with Gasteiger partial charge in [0.15, 0.2) is 5.65 Å². The lowest BCUT2D eigenvalue weighted by Crippen LogP contribution is -2.40. The Labute approximate surface area is 202 Å². The number of fused-ring (bicyclic) bond motifs is 1. The molecule has 5 rings (SSSR count). The molecule has 0 spiro atoms. The maximum absolute atomic E-state index is 13.1. The number of aliphatic hydroxyl groups is 1. The highest BCUT2D eigenvalue weighted by atomic mass is 16.5. The van der Waals surface area contributed by atoms with Crippen LogP contribution >= 0.6 is 0 Å². The van der Waals surface area contributed by atoms with E-state index in [1.165, 1.54) is 6.20 Å². The van der Waals surface area contributed by atoms with E-state index in [0.29, 0.717) is 35.0 Å². The van der Waals surface area contributed by atoms with Gasteiger partial charge in [0, 0.05) is 32.5 Å². The largest absolute Gasteiger partial charge is 0.391 e. The highest BCUT2D eigenvalue weighted by Gasteiger charge is 2.31. The molecule has 2 aliphatic rings. The average Bonchev–Trinajstić information content (AvgIpc) is 3.29. The maximum atomic E-state index is 13.1. The molecule has 0 saturated heterocycles. The Bertz CT molecular complexity index is 1290. The third kappa shape index (κ3) is 4.48. The second kappa shape index (κ2) is 9.67. The summed E-state index contributed by atoms with van der Waals surface area (Å²) in [7, 11) is 3.45. The van der Waals surface area contributed by atoms with E-state index in [1.54, 1.807) is 47.6 Å². The van der Waals surface area contributed by atoms with Gasteiger partial charge in [-0.3, -0.25) is 9.59 Å². The van der Waals surface area contributed by atoms with Gasteiger partial charge in [0.1, 0.15) is 22.9 Å². The van der Waals surface area contributed by atoms with Crippen molar-refractivity contribution in [2.24, 2.45) is 0 Å². The van der Waals surface area contributed by atoms with Crippen molar-refractivity contribution in [2.75, 3.05) is 24.8 Å². The summed E-state index contributed by atoms with van der Waals surface area (Å²) in [4.78, 5) is 30.8. The molecule has 3 aromatic heterocycles. The molecule has 0 radical (unpaired) electrons. The number of nitrogens with zero attached hydrogens (tertiary/aromatic N) is 4. The van der Waals surface area contributed by atoms with Crippen LogP contribution in [0.4, 0.5) is 17.3 Å². The Morgan fingerprint density at radius 1 is 1.26 bits per heavy atom. The molecule has 0 aliphatic heterocycles. The standard InChI is InChI=1S/C24H31N7O4/c1-25-21-12-20(28-17-7-4-10-30(24(17)34)18-8-9-19(18)32)29-22-16(13-26-31(21)22)23(33)27-14-5-3-6-15(11-14)35-2/h4,7,10,12-15,18-19,25,32H,3,5-6,8-9,11H2,1-2H3,(H,27,33)(H,28,29)/t14-,15-,18+,19+/m0/s1. The molecule has 3 heterocycles. The molecule has 0 bridgehead atoms. The maximum Gasteiger partial charge on any atom is 0.274 e. The Morgan fingerprint density at radius 2 is 2.11 bits per heavy atom.